The molecule has 0 aliphatic heterocycles. The summed E-state index contributed by atoms with van der Waals surface area (Å²) in [6.07, 6.45) is 0. The van der Waals surface area contributed by atoms with Gasteiger partial charge in [0.2, 0.25) is 0 Å². The van der Waals surface area contributed by atoms with Crippen molar-refractivity contribution in [2.45, 2.75) is 12.8 Å². The maximum atomic E-state index is 9.57. The van der Waals surface area contributed by atoms with Crippen LogP contribution in [-0.2, 0) is 0 Å². The zero-order chi connectivity index (χ0) is 14.4. The lowest BCUT2D eigenvalue weighted by atomic mass is 10.0. The highest BCUT2D eigenvalue weighted by atomic mass is 16.5. The van der Waals surface area contributed by atoms with Crippen molar-refractivity contribution < 1.29 is 14.6 Å². The van der Waals surface area contributed by atoms with Crippen molar-refractivity contribution in [1.29, 1.82) is 0 Å². The van der Waals surface area contributed by atoms with Crippen molar-refractivity contribution in [2.24, 2.45) is 0 Å². The molecule has 20 heavy (non-hydrogen) atoms. The highest BCUT2D eigenvalue weighted by Gasteiger charge is 2.13. The van der Waals surface area contributed by atoms with Crippen LogP contribution in [0.2, 0.25) is 0 Å². The molecular formula is C17H20O3. The summed E-state index contributed by atoms with van der Waals surface area (Å²) < 4.78 is 11.0. The molecule has 0 fully saturated rings. The molecule has 3 nitrogen and oxygen atoms in total. The van der Waals surface area contributed by atoms with Gasteiger partial charge in [-0.15, -0.1) is 0 Å². The summed E-state index contributed by atoms with van der Waals surface area (Å²) in [6.45, 7) is 2.49. The first-order chi connectivity index (χ1) is 9.74. The fourth-order valence-electron chi connectivity index (χ4n) is 2.06. The largest absolute Gasteiger partial charge is 0.497 e. The molecular weight excluding hydrogens is 252 g/mol. The monoisotopic (exact) mass is 272 g/mol. The molecule has 0 spiro atoms. The normalized spacial score (nSPS) is 11.9. The predicted octanol–water partition coefficient (Wildman–Crippen LogP) is 3.16. The first-order valence-corrected chi connectivity index (χ1v) is 6.68. The Labute approximate surface area is 119 Å². The van der Waals surface area contributed by atoms with E-state index in [2.05, 4.69) is 0 Å². The molecule has 0 aliphatic carbocycles. The Hall–Kier alpha value is -2.00. The second kappa shape index (κ2) is 6.96. The average Bonchev–Trinajstić information content (AvgIpc) is 2.50. The first kappa shape index (κ1) is 14.4. The zero-order valence-corrected chi connectivity index (χ0v) is 11.9. The highest BCUT2D eigenvalue weighted by Crippen LogP contribution is 2.23. The molecule has 2 aromatic carbocycles. The summed E-state index contributed by atoms with van der Waals surface area (Å²) in [5.74, 6) is 1.58. The lowest BCUT2D eigenvalue weighted by Crippen LogP contribution is -2.14. The number of hydrogen-bond acceptors (Lipinski definition) is 3. The summed E-state index contributed by atoms with van der Waals surface area (Å²) in [5, 5.41) is 9.57. The summed E-state index contributed by atoms with van der Waals surface area (Å²) in [5.41, 5.74) is 2.11. The van der Waals surface area contributed by atoms with Crippen LogP contribution in [0.3, 0.4) is 0 Å². The smallest absolute Gasteiger partial charge is 0.122 e. The molecule has 1 atom stereocenters. The number of para-hydroxylation sites is 1. The molecule has 0 radical (unpaired) electrons. The molecule has 2 rings (SSSR count). The number of aliphatic hydroxyl groups is 1. The third kappa shape index (κ3) is 3.52. The Kier molecular flexibility index (Phi) is 5.02. The van der Waals surface area contributed by atoms with E-state index in [1.807, 2.05) is 55.5 Å². The fraction of sp³-hybridized carbons (Fsp3) is 0.294. The van der Waals surface area contributed by atoms with E-state index in [-0.39, 0.29) is 12.5 Å². The molecule has 0 bridgehead atoms. The van der Waals surface area contributed by atoms with E-state index in [9.17, 15) is 5.11 Å². The minimum atomic E-state index is -0.0651. The van der Waals surface area contributed by atoms with Crippen molar-refractivity contribution in [3.05, 3.63) is 59.7 Å². The molecule has 0 saturated heterocycles. The van der Waals surface area contributed by atoms with Crippen LogP contribution in [0.4, 0.5) is 0 Å². The summed E-state index contributed by atoms with van der Waals surface area (Å²) >= 11 is 0. The van der Waals surface area contributed by atoms with E-state index >= 15 is 0 Å². The molecule has 3 heteroatoms. The molecule has 106 valence electrons. The van der Waals surface area contributed by atoms with Gasteiger partial charge in [0.25, 0.3) is 0 Å². The van der Waals surface area contributed by atoms with Crippen LogP contribution in [0.15, 0.2) is 48.5 Å². The van der Waals surface area contributed by atoms with Gasteiger partial charge in [0, 0.05) is 5.92 Å². The molecule has 0 saturated carbocycles. The molecule has 2 aromatic rings. The summed E-state index contributed by atoms with van der Waals surface area (Å²) in [7, 11) is 1.64. The Morgan fingerprint density at radius 3 is 2.60 bits per heavy atom. The fourth-order valence-corrected chi connectivity index (χ4v) is 2.06. The third-order valence-corrected chi connectivity index (χ3v) is 3.32. The van der Waals surface area contributed by atoms with Crippen LogP contribution in [-0.4, -0.2) is 25.4 Å². The maximum Gasteiger partial charge on any atom is 0.122 e. The number of aryl methyl sites for hydroxylation is 1. The van der Waals surface area contributed by atoms with Crippen LogP contribution in [0.25, 0.3) is 0 Å². The van der Waals surface area contributed by atoms with E-state index in [0.717, 1.165) is 22.6 Å². The zero-order valence-electron chi connectivity index (χ0n) is 11.9. The van der Waals surface area contributed by atoms with Gasteiger partial charge in [-0.05, 0) is 36.2 Å². The van der Waals surface area contributed by atoms with Gasteiger partial charge >= 0.3 is 0 Å². The van der Waals surface area contributed by atoms with Crippen LogP contribution < -0.4 is 9.47 Å². The van der Waals surface area contributed by atoms with E-state index in [1.165, 1.54) is 0 Å². The van der Waals surface area contributed by atoms with Gasteiger partial charge < -0.3 is 14.6 Å². The summed E-state index contributed by atoms with van der Waals surface area (Å²) in [4.78, 5) is 0. The second-order valence-corrected chi connectivity index (χ2v) is 4.73. The Morgan fingerprint density at radius 1 is 1.10 bits per heavy atom. The van der Waals surface area contributed by atoms with Gasteiger partial charge in [0.05, 0.1) is 20.3 Å². The van der Waals surface area contributed by atoms with Gasteiger partial charge in [-0.2, -0.15) is 0 Å². The second-order valence-electron chi connectivity index (χ2n) is 4.73. The highest BCUT2D eigenvalue weighted by molar-refractivity contribution is 5.33. The van der Waals surface area contributed by atoms with E-state index < -0.39 is 0 Å². The lowest BCUT2D eigenvalue weighted by Gasteiger charge is -2.17. The third-order valence-electron chi connectivity index (χ3n) is 3.32. The summed E-state index contributed by atoms with van der Waals surface area (Å²) in [6, 6.07) is 15.6. The van der Waals surface area contributed by atoms with Crippen molar-refractivity contribution in [2.75, 3.05) is 20.3 Å². The number of benzene rings is 2. The first-order valence-electron chi connectivity index (χ1n) is 6.68. The van der Waals surface area contributed by atoms with E-state index in [4.69, 9.17) is 9.47 Å². The van der Waals surface area contributed by atoms with Crippen LogP contribution in [0, 0.1) is 6.92 Å². The SMILES string of the molecule is COc1cccc(C(CO)COc2ccccc2C)c1. The van der Waals surface area contributed by atoms with Crippen LogP contribution in [0.5, 0.6) is 11.5 Å². The molecule has 0 aliphatic rings. The average molecular weight is 272 g/mol. The van der Waals surface area contributed by atoms with Crippen LogP contribution >= 0.6 is 0 Å². The Morgan fingerprint density at radius 2 is 1.90 bits per heavy atom. The number of methoxy groups -OCH3 is 1. The van der Waals surface area contributed by atoms with Crippen LogP contribution in [0.1, 0.15) is 17.0 Å². The number of rotatable bonds is 6. The van der Waals surface area contributed by atoms with Gasteiger partial charge in [0.15, 0.2) is 0 Å². The maximum absolute atomic E-state index is 9.57. The van der Waals surface area contributed by atoms with E-state index in [1.54, 1.807) is 7.11 Å². The lowest BCUT2D eigenvalue weighted by molar-refractivity contribution is 0.204. The molecule has 0 aromatic heterocycles. The van der Waals surface area contributed by atoms with Crippen molar-refractivity contribution in [3.63, 3.8) is 0 Å². The van der Waals surface area contributed by atoms with Crippen molar-refractivity contribution in [1.82, 2.24) is 0 Å². The molecule has 1 N–H and O–H groups in total. The van der Waals surface area contributed by atoms with Gasteiger partial charge in [-0.1, -0.05) is 30.3 Å². The number of aliphatic hydroxyl groups excluding tert-OH is 1. The molecule has 0 amide bonds. The number of ether oxygens (including phenoxy) is 2. The quantitative estimate of drug-likeness (QED) is 0.878. The Balaban J connectivity index is 2.07. The topological polar surface area (TPSA) is 38.7 Å². The van der Waals surface area contributed by atoms with E-state index in [0.29, 0.717) is 6.61 Å². The van der Waals surface area contributed by atoms with Crippen molar-refractivity contribution >= 4 is 0 Å². The molecule has 0 heterocycles. The Bertz CT molecular complexity index is 551. The van der Waals surface area contributed by atoms with Gasteiger partial charge in [-0.3, -0.25) is 0 Å². The standard InChI is InChI=1S/C17H20O3/c1-13-6-3-4-9-17(13)20-12-15(11-18)14-7-5-8-16(10-14)19-2/h3-10,15,18H,11-12H2,1-2H3. The van der Waals surface area contributed by atoms with Gasteiger partial charge in [-0.25, -0.2) is 0 Å². The minimum Gasteiger partial charge on any atom is -0.497 e. The van der Waals surface area contributed by atoms with Crippen molar-refractivity contribution in [3.8, 4) is 11.5 Å². The predicted molar refractivity (Wildman–Crippen MR) is 79.5 cm³/mol. The number of hydrogen-bond donors (Lipinski definition) is 1. The van der Waals surface area contributed by atoms with Gasteiger partial charge in [0.1, 0.15) is 11.5 Å². The molecule has 1 unspecified atom stereocenters. The minimum absolute atomic E-state index is 0.0407.